The lowest BCUT2D eigenvalue weighted by Crippen LogP contribution is -1.87. The summed E-state index contributed by atoms with van der Waals surface area (Å²) in [6.07, 6.45) is 1.12. The fourth-order valence-corrected chi connectivity index (χ4v) is 1.36. The molecule has 0 radical (unpaired) electrons. The molecule has 0 fully saturated rings. The number of hydrogen-bond acceptors (Lipinski definition) is 0. The maximum absolute atomic E-state index is 3.87. The third kappa shape index (κ3) is 16.5. The molecule has 0 saturated heterocycles. The van der Waals surface area contributed by atoms with E-state index in [9.17, 15) is 0 Å². The highest BCUT2D eigenvalue weighted by atomic mass is 14.0. The lowest BCUT2D eigenvalue weighted by Gasteiger charge is -2.03. The Kier molecular flexibility index (Phi) is 20.3. The molecular formula is C22H38. The van der Waals surface area contributed by atoms with Crippen LogP contribution in [0.4, 0.5) is 0 Å². The van der Waals surface area contributed by atoms with E-state index in [0.29, 0.717) is 11.8 Å². The highest BCUT2D eigenvalue weighted by molar-refractivity contribution is 5.23. The van der Waals surface area contributed by atoms with Gasteiger partial charge in [0.15, 0.2) is 0 Å². The topological polar surface area (TPSA) is 0 Å². The molecule has 0 nitrogen and oxygen atoms in total. The third-order valence-corrected chi connectivity index (χ3v) is 3.01. The maximum atomic E-state index is 3.87. The average molecular weight is 303 g/mol. The van der Waals surface area contributed by atoms with Crippen molar-refractivity contribution in [2.45, 2.75) is 67.7 Å². The first-order valence-electron chi connectivity index (χ1n) is 8.33. The minimum atomic E-state index is 0.653. The van der Waals surface area contributed by atoms with E-state index in [1.54, 1.807) is 0 Å². The van der Waals surface area contributed by atoms with E-state index >= 15 is 0 Å². The van der Waals surface area contributed by atoms with Crippen LogP contribution in [0.15, 0.2) is 55.3 Å². The molecule has 126 valence electrons. The summed E-state index contributed by atoms with van der Waals surface area (Å²) in [6, 6.07) is 8.71. The van der Waals surface area contributed by atoms with Crippen molar-refractivity contribution in [2.24, 2.45) is 5.92 Å². The van der Waals surface area contributed by atoms with Gasteiger partial charge in [0, 0.05) is 0 Å². The zero-order valence-corrected chi connectivity index (χ0v) is 16.3. The number of hydrogen-bond donors (Lipinski definition) is 0. The van der Waals surface area contributed by atoms with Gasteiger partial charge in [0.1, 0.15) is 0 Å². The van der Waals surface area contributed by atoms with Gasteiger partial charge in [0.25, 0.3) is 0 Å². The smallest absolute Gasteiger partial charge is 0.0219 e. The molecule has 0 heterocycles. The molecule has 0 aromatic heterocycles. The third-order valence-electron chi connectivity index (χ3n) is 3.01. The van der Waals surface area contributed by atoms with Crippen LogP contribution in [0, 0.1) is 12.8 Å². The summed E-state index contributed by atoms with van der Waals surface area (Å²) in [5.74, 6) is 1.32. The molecule has 22 heavy (non-hydrogen) atoms. The van der Waals surface area contributed by atoms with Crippen molar-refractivity contribution in [3.63, 3.8) is 0 Å². The zero-order valence-electron chi connectivity index (χ0n) is 16.3. The Hall–Kier alpha value is -1.52. The van der Waals surface area contributed by atoms with Crippen LogP contribution < -0.4 is 0 Å². The molecule has 0 atom stereocenters. The summed E-state index contributed by atoms with van der Waals surface area (Å²) in [6.45, 7) is 27.1. The van der Waals surface area contributed by atoms with Crippen molar-refractivity contribution < 1.29 is 0 Å². The number of rotatable bonds is 3. The Morgan fingerprint density at radius 2 is 1.36 bits per heavy atom. The molecule has 0 aliphatic rings. The molecule has 0 aliphatic heterocycles. The van der Waals surface area contributed by atoms with Gasteiger partial charge in [0.05, 0.1) is 0 Å². The van der Waals surface area contributed by atoms with Crippen LogP contribution in [0.2, 0.25) is 0 Å². The van der Waals surface area contributed by atoms with E-state index < -0.39 is 0 Å². The van der Waals surface area contributed by atoms with Crippen LogP contribution in [0.3, 0.4) is 0 Å². The van der Waals surface area contributed by atoms with Gasteiger partial charge in [-0.1, -0.05) is 104 Å². The number of allylic oxidation sites excluding steroid dienone is 1. The first-order valence-corrected chi connectivity index (χ1v) is 8.33. The molecule has 0 N–H and O–H groups in total. The maximum Gasteiger partial charge on any atom is -0.0219 e. The molecule has 0 aliphatic carbocycles. The fourth-order valence-electron chi connectivity index (χ4n) is 1.36. The Morgan fingerprint density at radius 1 is 1.00 bits per heavy atom. The Labute approximate surface area is 140 Å². The van der Waals surface area contributed by atoms with E-state index in [0.717, 1.165) is 6.42 Å². The summed E-state index contributed by atoms with van der Waals surface area (Å²) in [4.78, 5) is 0. The van der Waals surface area contributed by atoms with Crippen molar-refractivity contribution in [3.8, 4) is 0 Å². The van der Waals surface area contributed by atoms with E-state index in [4.69, 9.17) is 0 Å². The van der Waals surface area contributed by atoms with E-state index in [2.05, 4.69) is 91.3 Å². The minimum Gasteiger partial charge on any atom is -0.137 e. The molecule has 1 aromatic rings. The normalized spacial score (nSPS) is 8.45. The van der Waals surface area contributed by atoms with Crippen molar-refractivity contribution in [1.29, 1.82) is 0 Å². The lowest BCUT2D eigenvalue weighted by atomic mass is 10.0. The van der Waals surface area contributed by atoms with Gasteiger partial charge in [-0.15, -0.1) is 5.73 Å². The quantitative estimate of drug-likeness (QED) is 0.396. The number of aryl methyl sites for hydroxylation is 1. The molecular weight excluding hydrogens is 264 g/mol. The van der Waals surface area contributed by atoms with Gasteiger partial charge in [0.2, 0.25) is 0 Å². The SMILES string of the molecule is C=C(CC)C(C)C.C=C=C.CC.Cc1ccc(C(C)C)cc1. The van der Waals surface area contributed by atoms with E-state index in [1.165, 1.54) is 16.7 Å². The van der Waals surface area contributed by atoms with Crippen molar-refractivity contribution >= 4 is 0 Å². The largest absolute Gasteiger partial charge is 0.137 e. The first kappa shape index (κ1) is 25.4. The summed E-state index contributed by atoms with van der Waals surface area (Å²) in [5.41, 5.74) is 6.36. The van der Waals surface area contributed by atoms with Crippen LogP contribution in [-0.2, 0) is 0 Å². The predicted octanol–water partition coefficient (Wildman–Crippen LogP) is 7.71. The molecule has 1 rings (SSSR count). The Balaban J connectivity index is -0.000000264. The van der Waals surface area contributed by atoms with Crippen molar-refractivity contribution in [3.05, 3.63) is 66.4 Å². The van der Waals surface area contributed by atoms with Crippen molar-refractivity contribution in [2.75, 3.05) is 0 Å². The second-order valence-corrected chi connectivity index (χ2v) is 5.48. The average Bonchev–Trinajstić information content (AvgIpc) is 2.50. The molecule has 1 aromatic carbocycles. The second kappa shape index (κ2) is 17.5. The Bertz CT molecular complexity index is 385. The van der Waals surface area contributed by atoms with Crippen LogP contribution in [0.25, 0.3) is 0 Å². The Morgan fingerprint density at radius 3 is 1.55 bits per heavy atom. The summed E-state index contributed by atoms with van der Waals surface area (Å²) < 4.78 is 0. The van der Waals surface area contributed by atoms with E-state index in [-0.39, 0.29) is 0 Å². The molecule has 0 heteroatoms. The standard InChI is InChI=1S/C10H14.C7H14.C3H4.C2H6/c1-8(2)10-6-4-9(3)5-7-10;1-5-7(4)6(2)3;1-3-2;1-2/h4-8H,1-3H3;6H,4-5H2,1-3H3;1-2H2;1-2H3. The highest BCUT2D eigenvalue weighted by Gasteiger charge is 1.95. The predicted molar refractivity (Wildman–Crippen MR) is 106 cm³/mol. The molecule has 0 saturated carbocycles. The van der Waals surface area contributed by atoms with Crippen LogP contribution in [-0.4, -0.2) is 0 Å². The van der Waals surface area contributed by atoms with Gasteiger partial charge in [-0.2, -0.15) is 0 Å². The first-order chi connectivity index (χ1) is 10.3. The summed E-state index contributed by atoms with van der Waals surface area (Å²) >= 11 is 0. The molecule has 0 unspecified atom stereocenters. The number of benzene rings is 1. The van der Waals surface area contributed by atoms with Gasteiger partial charge >= 0.3 is 0 Å². The minimum absolute atomic E-state index is 0.653. The van der Waals surface area contributed by atoms with Crippen LogP contribution in [0.5, 0.6) is 0 Å². The monoisotopic (exact) mass is 302 g/mol. The fraction of sp³-hybridized carbons (Fsp3) is 0.500. The molecule has 0 spiro atoms. The molecule has 0 bridgehead atoms. The van der Waals surface area contributed by atoms with Gasteiger partial charge in [-0.25, -0.2) is 0 Å². The van der Waals surface area contributed by atoms with Crippen LogP contribution >= 0.6 is 0 Å². The van der Waals surface area contributed by atoms with Gasteiger partial charge in [-0.3, -0.25) is 0 Å². The van der Waals surface area contributed by atoms with Crippen LogP contribution in [0.1, 0.15) is 71.9 Å². The zero-order chi connectivity index (χ0) is 18.1. The molecule has 0 amide bonds. The van der Waals surface area contributed by atoms with Crippen molar-refractivity contribution in [1.82, 2.24) is 0 Å². The highest BCUT2D eigenvalue weighted by Crippen LogP contribution is 2.13. The second-order valence-electron chi connectivity index (χ2n) is 5.48. The van der Waals surface area contributed by atoms with Gasteiger partial charge < -0.3 is 0 Å². The van der Waals surface area contributed by atoms with E-state index in [1.807, 2.05) is 13.8 Å². The summed E-state index contributed by atoms with van der Waals surface area (Å²) in [5, 5.41) is 0. The summed E-state index contributed by atoms with van der Waals surface area (Å²) in [7, 11) is 0. The van der Waals surface area contributed by atoms with Gasteiger partial charge in [-0.05, 0) is 30.7 Å². The lowest BCUT2D eigenvalue weighted by molar-refractivity contribution is 0.736.